The summed E-state index contributed by atoms with van der Waals surface area (Å²) in [7, 11) is 0. The summed E-state index contributed by atoms with van der Waals surface area (Å²) < 4.78 is 0. The normalized spacial score (nSPS) is 44.4. The van der Waals surface area contributed by atoms with Crippen LogP contribution in [0.2, 0.25) is 0 Å². The van der Waals surface area contributed by atoms with Gasteiger partial charge in [0.1, 0.15) is 0 Å². The smallest absolute Gasteiger partial charge is 0.294 e. The fraction of sp³-hybridized carbons (Fsp3) is 0.842. The molecule has 0 aromatic carbocycles. The van der Waals surface area contributed by atoms with Gasteiger partial charge in [-0.1, -0.05) is 19.3 Å². The highest BCUT2D eigenvalue weighted by molar-refractivity contribution is 5.80. The van der Waals surface area contributed by atoms with Crippen LogP contribution in [0.3, 0.4) is 0 Å². The lowest BCUT2D eigenvalue weighted by Crippen LogP contribution is -2.55. The van der Waals surface area contributed by atoms with Crippen molar-refractivity contribution in [1.29, 1.82) is 0 Å². The second kappa shape index (κ2) is 5.01. The summed E-state index contributed by atoms with van der Waals surface area (Å²) in [4.78, 5) is 14.6. The van der Waals surface area contributed by atoms with Crippen molar-refractivity contribution >= 4 is 6.03 Å². The van der Waals surface area contributed by atoms with Crippen LogP contribution in [-0.2, 0) is 0 Å². The maximum absolute atomic E-state index is 12.6. The Morgan fingerprint density at radius 3 is 2.18 bits per heavy atom. The first-order valence-electron chi connectivity index (χ1n) is 9.53. The van der Waals surface area contributed by atoms with Gasteiger partial charge in [0.15, 0.2) is 0 Å². The zero-order chi connectivity index (χ0) is 14.7. The predicted molar refractivity (Wildman–Crippen MR) is 84.9 cm³/mol. The average Bonchev–Trinajstić information content (AvgIpc) is 2.89. The van der Waals surface area contributed by atoms with Crippen molar-refractivity contribution in [3.8, 4) is 0 Å². The van der Waals surface area contributed by atoms with Gasteiger partial charge in [0, 0.05) is 18.2 Å². The summed E-state index contributed by atoms with van der Waals surface area (Å²) >= 11 is 0. The van der Waals surface area contributed by atoms with Crippen LogP contribution in [0.25, 0.3) is 0 Å². The summed E-state index contributed by atoms with van der Waals surface area (Å²) in [6.45, 7) is 0. The zero-order valence-corrected chi connectivity index (χ0v) is 13.4. The third-order valence-corrected chi connectivity index (χ3v) is 7.24. The third kappa shape index (κ3) is 2.04. The number of hydrogen-bond donors (Lipinski definition) is 0. The van der Waals surface area contributed by atoms with Gasteiger partial charge in [-0.15, -0.1) is 0 Å². The van der Waals surface area contributed by atoms with Crippen molar-refractivity contribution in [3.05, 3.63) is 11.9 Å². The lowest BCUT2D eigenvalue weighted by atomic mass is 9.54. The number of nitrogens with zero attached hydrogens (tertiary/aromatic N) is 2. The molecule has 0 aromatic rings. The summed E-state index contributed by atoms with van der Waals surface area (Å²) in [5.41, 5.74) is 1.11. The molecule has 6 rings (SSSR count). The number of carbonyl (C=O) groups excluding carboxylic acids is 1. The Kier molecular flexibility index (Phi) is 3.06. The molecule has 0 aromatic heterocycles. The van der Waals surface area contributed by atoms with Gasteiger partial charge in [-0.2, -0.15) is 5.32 Å². The Hall–Kier alpha value is -0.990. The fourth-order valence-electron chi connectivity index (χ4n) is 6.55. The quantitative estimate of drug-likeness (QED) is 0.749. The second-order valence-electron chi connectivity index (χ2n) is 8.61. The molecular weight excluding hydrogens is 272 g/mol. The van der Waals surface area contributed by atoms with E-state index in [0.29, 0.717) is 12.0 Å². The highest BCUT2D eigenvalue weighted by atomic mass is 16.2. The zero-order valence-electron chi connectivity index (χ0n) is 13.4. The molecule has 2 amide bonds. The molecule has 5 aliphatic carbocycles. The number of allylic oxidation sites excluding steroid dienone is 1. The Bertz CT molecular complexity index is 478. The van der Waals surface area contributed by atoms with E-state index in [2.05, 4.69) is 16.4 Å². The van der Waals surface area contributed by atoms with Crippen molar-refractivity contribution in [2.24, 2.45) is 29.6 Å². The van der Waals surface area contributed by atoms with E-state index in [9.17, 15) is 4.79 Å². The van der Waals surface area contributed by atoms with Gasteiger partial charge in [0.2, 0.25) is 0 Å². The molecule has 6 aliphatic rings. The first-order chi connectivity index (χ1) is 10.8. The Morgan fingerprint density at radius 2 is 1.55 bits per heavy atom. The van der Waals surface area contributed by atoms with E-state index in [1.54, 1.807) is 0 Å². The largest absolute Gasteiger partial charge is 0.348 e. The maximum atomic E-state index is 12.6. The van der Waals surface area contributed by atoms with E-state index in [1.165, 1.54) is 64.2 Å². The molecule has 5 fully saturated rings. The van der Waals surface area contributed by atoms with Crippen molar-refractivity contribution < 1.29 is 4.79 Å². The molecule has 3 heteroatoms. The first kappa shape index (κ1) is 13.4. The van der Waals surface area contributed by atoms with Crippen molar-refractivity contribution in [2.75, 3.05) is 0 Å². The molecule has 0 unspecified atom stereocenters. The van der Waals surface area contributed by atoms with Crippen LogP contribution in [-0.4, -0.2) is 17.0 Å². The van der Waals surface area contributed by atoms with Gasteiger partial charge >= 0.3 is 6.03 Å². The lowest BCUT2D eigenvalue weighted by molar-refractivity contribution is -0.0382. The summed E-state index contributed by atoms with van der Waals surface area (Å²) in [6.07, 6.45) is 15.6. The second-order valence-corrected chi connectivity index (χ2v) is 8.61. The molecule has 0 atom stereocenters. The van der Waals surface area contributed by atoms with Gasteiger partial charge in [-0.05, 0) is 68.6 Å². The Balaban J connectivity index is 1.38. The molecule has 0 N–H and O–H groups in total. The molecule has 119 valence electrons. The molecule has 4 bridgehead atoms. The van der Waals surface area contributed by atoms with Crippen LogP contribution in [0.4, 0.5) is 4.79 Å². The standard InChI is InChI=1S/C19H27N2O/c22-19-20-17(14-4-2-1-3-5-14)11-21(19)18-15-7-12-6-13(9-15)10-16(18)8-12/h11-16,18H,1-10H2. The van der Waals surface area contributed by atoms with E-state index in [-0.39, 0.29) is 6.03 Å². The van der Waals surface area contributed by atoms with E-state index >= 15 is 0 Å². The van der Waals surface area contributed by atoms with Crippen molar-refractivity contribution in [3.63, 3.8) is 0 Å². The maximum Gasteiger partial charge on any atom is 0.348 e. The number of urea groups is 1. The van der Waals surface area contributed by atoms with Crippen LogP contribution >= 0.6 is 0 Å². The number of carbonyl (C=O) groups is 1. The Labute approximate surface area is 133 Å². The van der Waals surface area contributed by atoms with Gasteiger partial charge < -0.3 is 0 Å². The van der Waals surface area contributed by atoms with Crippen LogP contribution < -0.4 is 5.32 Å². The van der Waals surface area contributed by atoms with Crippen LogP contribution in [0.1, 0.15) is 64.2 Å². The molecule has 1 heterocycles. The molecule has 1 radical (unpaired) electrons. The molecule has 1 aliphatic heterocycles. The summed E-state index contributed by atoms with van der Waals surface area (Å²) in [5.74, 6) is 4.01. The highest BCUT2D eigenvalue weighted by Gasteiger charge is 2.52. The molecular formula is C19H27N2O. The van der Waals surface area contributed by atoms with E-state index in [0.717, 1.165) is 29.4 Å². The van der Waals surface area contributed by atoms with E-state index < -0.39 is 0 Å². The molecule has 3 nitrogen and oxygen atoms in total. The van der Waals surface area contributed by atoms with Crippen LogP contribution in [0.5, 0.6) is 0 Å². The average molecular weight is 299 g/mol. The van der Waals surface area contributed by atoms with Crippen molar-refractivity contribution in [1.82, 2.24) is 10.2 Å². The minimum atomic E-state index is 0.0537. The van der Waals surface area contributed by atoms with Crippen LogP contribution in [0.15, 0.2) is 11.9 Å². The minimum Gasteiger partial charge on any atom is -0.294 e. The lowest BCUT2D eigenvalue weighted by Gasteiger charge is -2.55. The summed E-state index contributed by atoms with van der Waals surface area (Å²) in [6, 6.07) is 0.531. The minimum absolute atomic E-state index is 0.0537. The van der Waals surface area contributed by atoms with Gasteiger partial charge in [-0.3, -0.25) is 4.90 Å². The van der Waals surface area contributed by atoms with E-state index in [4.69, 9.17) is 0 Å². The first-order valence-corrected chi connectivity index (χ1v) is 9.53. The molecule has 0 spiro atoms. The van der Waals surface area contributed by atoms with Crippen molar-refractivity contribution in [2.45, 2.75) is 70.3 Å². The molecule has 22 heavy (non-hydrogen) atoms. The molecule has 0 saturated heterocycles. The predicted octanol–water partition coefficient (Wildman–Crippen LogP) is 4.27. The Morgan fingerprint density at radius 1 is 0.909 bits per heavy atom. The van der Waals surface area contributed by atoms with Gasteiger partial charge in [0.25, 0.3) is 0 Å². The monoisotopic (exact) mass is 299 g/mol. The fourth-order valence-corrected chi connectivity index (χ4v) is 6.55. The molecule has 5 saturated carbocycles. The number of rotatable bonds is 2. The van der Waals surface area contributed by atoms with Crippen LogP contribution in [0, 0.1) is 29.6 Å². The van der Waals surface area contributed by atoms with Gasteiger partial charge in [0.05, 0.1) is 5.70 Å². The number of hydrogen-bond acceptors (Lipinski definition) is 1. The number of amides is 2. The topological polar surface area (TPSA) is 34.4 Å². The van der Waals surface area contributed by atoms with Gasteiger partial charge in [-0.25, -0.2) is 4.79 Å². The SMILES string of the molecule is O=C1[N]C(C2CCCCC2)=CN1C1C2CC3CC(C2)CC1C3. The summed E-state index contributed by atoms with van der Waals surface area (Å²) in [5, 5.41) is 4.47. The van der Waals surface area contributed by atoms with E-state index in [1.807, 2.05) is 0 Å². The highest BCUT2D eigenvalue weighted by Crippen LogP contribution is 2.55. The third-order valence-electron chi connectivity index (χ3n) is 7.24.